The lowest BCUT2D eigenvalue weighted by Crippen LogP contribution is -2.33. The molecule has 0 saturated carbocycles. The number of carbonyl (C=O) groups excluding carboxylic acids is 2. The Morgan fingerprint density at radius 3 is 2.46 bits per heavy atom. The van der Waals surface area contributed by atoms with E-state index in [9.17, 15) is 9.59 Å². The van der Waals surface area contributed by atoms with Gasteiger partial charge in [0.15, 0.2) is 5.78 Å². The Kier molecular flexibility index (Phi) is 3.07. The first-order chi connectivity index (χ1) is 6.07. The normalized spacial score (nSPS) is 23.4. The first-order valence-electron chi connectivity index (χ1n) is 4.91. The third kappa shape index (κ3) is 1.90. The number of carbonyl (C=O) groups is 2. The summed E-state index contributed by atoms with van der Waals surface area (Å²) in [6.07, 6.45) is 1.61. The smallest absolute Gasteiger partial charge is 0.233 e. The monoisotopic (exact) mass is 183 g/mol. The summed E-state index contributed by atoms with van der Waals surface area (Å²) in [5.74, 6) is -0.213. The van der Waals surface area contributed by atoms with Crippen molar-refractivity contribution in [3.63, 3.8) is 0 Å². The van der Waals surface area contributed by atoms with Crippen LogP contribution in [0.1, 0.15) is 33.6 Å². The average molecular weight is 183 g/mol. The molecule has 3 nitrogen and oxygen atoms in total. The van der Waals surface area contributed by atoms with Crippen LogP contribution in [-0.4, -0.2) is 29.2 Å². The third-order valence-corrected chi connectivity index (χ3v) is 2.50. The molecule has 0 N–H and O–H groups in total. The minimum atomic E-state index is -0.340. The van der Waals surface area contributed by atoms with E-state index in [0.29, 0.717) is 13.0 Å². The van der Waals surface area contributed by atoms with Gasteiger partial charge in [0.1, 0.15) is 0 Å². The van der Waals surface area contributed by atoms with Crippen LogP contribution < -0.4 is 0 Å². The van der Waals surface area contributed by atoms with Crippen molar-refractivity contribution >= 4 is 11.7 Å². The summed E-state index contributed by atoms with van der Waals surface area (Å²) in [6, 6.07) is 0.151. The van der Waals surface area contributed by atoms with Crippen LogP contribution in [0.15, 0.2) is 0 Å². The number of amides is 1. The van der Waals surface area contributed by atoms with Crippen molar-refractivity contribution in [1.29, 1.82) is 0 Å². The molecule has 1 amide bonds. The lowest BCUT2D eigenvalue weighted by Gasteiger charge is -2.19. The Hall–Kier alpha value is -0.860. The van der Waals surface area contributed by atoms with E-state index in [1.807, 2.05) is 20.8 Å². The molecule has 1 saturated heterocycles. The van der Waals surface area contributed by atoms with Gasteiger partial charge in [-0.25, -0.2) is 0 Å². The average Bonchev–Trinajstić information content (AvgIpc) is 2.32. The Labute approximate surface area is 79.1 Å². The van der Waals surface area contributed by atoms with Crippen LogP contribution in [0.25, 0.3) is 0 Å². The van der Waals surface area contributed by atoms with Crippen LogP contribution in [0.3, 0.4) is 0 Å². The number of likely N-dealkylation sites (tertiary alicyclic amines) is 1. The van der Waals surface area contributed by atoms with Gasteiger partial charge in [-0.05, 0) is 20.3 Å². The molecule has 0 aliphatic carbocycles. The van der Waals surface area contributed by atoms with Gasteiger partial charge in [-0.15, -0.1) is 0 Å². The Balaban J connectivity index is 2.69. The van der Waals surface area contributed by atoms with E-state index in [1.54, 1.807) is 4.90 Å². The van der Waals surface area contributed by atoms with Crippen molar-refractivity contribution in [2.75, 3.05) is 6.54 Å². The zero-order chi connectivity index (χ0) is 10.0. The molecule has 1 aliphatic rings. The largest absolute Gasteiger partial charge is 0.332 e. The van der Waals surface area contributed by atoms with Crippen molar-refractivity contribution in [2.45, 2.75) is 39.7 Å². The van der Waals surface area contributed by atoms with Crippen LogP contribution >= 0.6 is 0 Å². The molecule has 74 valence electrons. The van der Waals surface area contributed by atoms with Gasteiger partial charge in [0.05, 0.1) is 12.5 Å². The number of hydrogen-bond acceptors (Lipinski definition) is 2. The zero-order valence-electron chi connectivity index (χ0n) is 8.54. The van der Waals surface area contributed by atoms with E-state index >= 15 is 0 Å². The highest BCUT2D eigenvalue weighted by molar-refractivity contribution is 6.08. The molecule has 0 aromatic carbocycles. The van der Waals surface area contributed by atoms with E-state index in [2.05, 4.69) is 0 Å². The standard InChI is InChI=1S/C10H17NO2/c1-4-5-8-9(12)6-11(7(2)3)10(8)13/h7-8H,4-6H2,1-3H3. The predicted octanol–water partition coefficient (Wildman–Crippen LogP) is 1.22. The van der Waals surface area contributed by atoms with Gasteiger partial charge < -0.3 is 4.90 Å². The second-order valence-electron chi connectivity index (χ2n) is 3.87. The highest BCUT2D eigenvalue weighted by Gasteiger charge is 2.38. The molecule has 0 aromatic rings. The summed E-state index contributed by atoms with van der Waals surface area (Å²) < 4.78 is 0. The van der Waals surface area contributed by atoms with Gasteiger partial charge in [-0.1, -0.05) is 13.3 Å². The highest BCUT2D eigenvalue weighted by Crippen LogP contribution is 2.21. The fourth-order valence-electron chi connectivity index (χ4n) is 1.70. The van der Waals surface area contributed by atoms with E-state index in [-0.39, 0.29) is 23.7 Å². The maximum atomic E-state index is 11.7. The molecule has 1 fully saturated rings. The summed E-state index contributed by atoms with van der Waals surface area (Å²) in [5, 5.41) is 0. The van der Waals surface area contributed by atoms with Gasteiger partial charge in [0.2, 0.25) is 5.91 Å². The van der Waals surface area contributed by atoms with Crippen LogP contribution in [0.5, 0.6) is 0 Å². The Morgan fingerprint density at radius 1 is 1.46 bits per heavy atom. The predicted molar refractivity (Wildman–Crippen MR) is 50.3 cm³/mol. The molecule has 1 heterocycles. The molecule has 13 heavy (non-hydrogen) atoms. The fraction of sp³-hybridized carbons (Fsp3) is 0.800. The molecular weight excluding hydrogens is 166 g/mol. The SMILES string of the molecule is CCCC1C(=O)CN(C(C)C)C1=O. The van der Waals surface area contributed by atoms with Crippen LogP contribution in [0, 0.1) is 5.92 Å². The van der Waals surface area contributed by atoms with E-state index in [1.165, 1.54) is 0 Å². The molecule has 1 rings (SSSR count). The first-order valence-corrected chi connectivity index (χ1v) is 4.91. The number of hydrogen-bond donors (Lipinski definition) is 0. The van der Waals surface area contributed by atoms with Gasteiger partial charge >= 0.3 is 0 Å². The molecule has 1 unspecified atom stereocenters. The van der Waals surface area contributed by atoms with E-state index in [4.69, 9.17) is 0 Å². The molecular formula is C10H17NO2. The van der Waals surface area contributed by atoms with Crippen molar-refractivity contribution in [1.82, 2.24) is 4.90 Å². The number of ketones is 1. The minimum absolute atomic E-state index is 0.0295. The summed E-state index contributed by atoms with van der Waals surface area (Å²) in [4.78, 5) is 24.7. The maximum Gasteiger partial charge on any atom is 0.233 e. The molecule has 0 spiro atoms. The molecule has 1 atom stereocenters. The van der Waals surface area contributed by atoms with Crippen molar-refractivity contribution in [3.8, 4) is 0 Å². The number of Topliss-reactive ketones (excluding diaryl/α,β-unsaturated/α-hetero) is 1. The first kappa shape index (κ1) is 10.2. The number of rotatable bonds is 3. The van der Waals surface area contributed by atoms with E-state index in [0.717, 1.165) is 6.42 Å². The van der Waals surface area contributed by atoms with Gasteiger partial charge in [0.25, 0.3) is 0 Å². The number of nitrogens with zero attached hydrogens (tertiary/aromatic N) is 1. The topological polar surface area (TPSA) is 37.4 Å². The van der Waals surface area contributed by atoms with Gasteiger partial charge in [0, 0.05) is 6.04 Å². The van der Waals surface area contributed by atoms with Crippen molar-refractivity contribution in [3.05, 3.63) is 0 Å². The van der Waals surface area contributed by atoms with Crippen molar-refractivity contribution < 1.29 is 9.59 Å². The second-order valence-corrected chi connectivity index (χ2v) is 3.87. The molecule has 0 aromatic heterocycles. The van der Waals surface area contributed by atoms with Crippen molar-refractivity contribution in [2.24, 2.45) is 5.92 Å². The third-order valence-electron chi connectivity index (χ3n) is 2.50. The van der Waals surface area contributed by atoms with E-state index < -0.39 is 0 Å². The summed E-state index contributed by atoms with van der Waals surface area (Å²) in [5.41, 5.74) is 0. The lowest BCUT2D eigenvalue weighted by atomic mass is 10.0. The zero-order valence-corrected chi connectivity index (χ0v) is 8.54. The molecule has 0 radical (unpaired) electrons. The van der Waals surface area contributed by atoms with Crippen LogP contribution in [0.2, 0.25) is 0 Å². The van der Waals surface area contributed by atoms with Gasteiger partial charge in [-0.3, -0.25) is 9.59 Å². The minimum Gasteiger partial charge on any atom is -0.332 e. The van der Waals surface area contributed by atoms with Gasteiger partial charge in [-0.2, -0.15) is 0 Å². The Morgan fingerprint density at radius 2 is 2.08 bits per heavy atom. The second kappa shape index (κ2) is 3.90. The Bertz CT molecular complexity index is 223. The maximum absolute atomic E-state index is 11.7. The summed E-state index contributed by atoms with van der Waals surface area (Å²) >= 11 is 0. The molecule has 0 bridgehead atoms. The summed E-state index contributed by atoms with van der Waals surface area (Å²) in [6.45, 7) is 6.21. The highest BCUT2D eigenvalue weighted by atomic mass is 16.2. The molecule has 3 heteroatoms. The lowest BCUT2D eigenvalue weighted by molar-refractivity contribution is -0.133. The molecule has 1 aliphatic heterocycles. The van der Waals surface area contributed by atoms with Crippen LogP contribution in [0.4, 0.5) is 0 Å². The quantitative estimate of drug-likeness (QED) is 0.617. The summed E-state index contributed by atoms with van der Waals surface area (Å²) in [7, 11) is 0. The fourth-order valence-corrected chi connectivity index (χ4v) is 1.70. The van der Waals surface area contributed by atoms with Crippen LogP contribution in [-0.2, 0) is 9.59 Å².